The first-order chi connectivity index (χ1) is 13.5. The summed E-state index contributed by atoms with van der Waals surface area (Å²) in [4.78, 5) is 25.5. The average Bonchev–Trinajstić information content (AvgIpc) is 3.05. The van der Waals surface area contributed by atoms with Crippen molar-refractivity contribution in [2.45, 2.75) is 31.6 Å². The Kier molecular flexibility index (Phi) is 6.98. The van der Waals surface area contributed by atoms with Crippen molar-refractivity contribution in [2.24, 2.45) is 0 Å². The van der Waals surface area contributed by atoms with E-state index in [1.54, 1.807) is 17.8 Å². The molecule has 2 aromatic rings. The van der Waals surface area contributed by atoms with Gasteiger partial charge in [-0.2, -0.15) is 0 Å². The normalized spacial score (nSPS) is 17.4. The summed E-state index contributed by atoms with van der Waals surface area (Å²) in [6.45, 7) is 4.86. The summed E-state index contributed by atoms with van der Waals surface area (Å²) in [7, 11) is 0. The number of amides is 2. The van der Waals surface area contributed by atoms with Crippen molar-refractivity contribution in [3.63, 3.8) is 0 Å². The Labute approximate surface area is 170 Å². The van der Waals surface area contributed by atoms with Gasteiger partial charge in [0.05, 0.1) is 17.7 Å². The third-order valence-electron chi connectivity index (χ3n) is 4.72. The molecular formula is C22H26N2O3S. The maximum Gasteiger partial charge on any atom is 0.233 e. The molecule has 0 saturated carbocycles. The highest BCUT2D eigenvalue weighted by Crippen LogP contribution is 2.36. The Hall–Kier alpha value is -2.47. The van der Waals surface area contributed by atoms with Crippen LogP contribution in [0, 0.1) is 0 Å². The fourth-order valence-electron chi connectivity index (χ4n) is 3.35. The third-order valence-corrected chi connectivity index (χ3v) is 6.14. The molecule has 1 aliphatic heterocycles. The Morgan fingerprint density at radius 3 is 2.79 bits per heavy atom. The van der Waals surface area contributed by atoms with Crippen LogP contribution >= 0.6 is 11.8 Å². The van der Waals surface area contributed by atoms with Gasteiger partial charge < -0.3 is 15.0 Å². The first-order valence-corrected chi connectivity index (χ1v) is 10.6. The molecule has 3 rings (SSSR count). The number of benzene rings is 2. The molecular weight excluding hydrogens is 372 g/mol. The number of carbonyl (C=O) groups is 2. The number of hydrogen-bond donors (Lipinski definition) is 1. The van der Waals surface area contributed by atoms with Crippen molar-refractivity contribution >= 4 is 29.3 Å². The van der Waals surface area contributed by atoms with Crippen LogP contribution in [0.25, 0.3) is 0 Å². The van der Waals surface area contributed by atoms with Gasteiger partial charge in [0.25, 0.3) is 0 Å². The topological polar surface area (TPSA) is 58.6 Å². The minimum atomic E-state index is -0.110. The fraction of sp³-hybridized carbons (Fsp3) is 0.364. The minimum Gasteiger partial charge on any atom is -0.493 e. The highest BCUT2D eigenvalue weighted by atomic mass is 32.2. The molecule has 28 heavy (non-hydrogen) atoms. The standard InChI is InChI=1S/C22H26N2O3S/c1-16(18-8-4-3-5-9-18)22-24(21(26)15-28-22)12-7-13-27-20-11-6-10-19(14-20)23-17(2)25/h3-6,8-11,14,16,22H,7,12-13,15H2,1-2H3,(H,23,25). The number of anilines is 1. The molecule has 6 heteroatoms. The third kappa shape index (κ3) is 5.29. The van der Waals surface area contributed by atoms with E-state index in [0.29, 0.717) is 30.3 Å². The minimum absolute atomic E-state index is 0.110. The van der Waals surface area contributed by atoms with E-state index >= 15 is 0 Å². The van der Waals surface area contributed by atoms with Crippen LogP contribution in [0.1, 0.15) is 31.7 Å². The predicted octanol–water partition coefficient (Wildman–Crippen LogP) is 4.12. The maximum atomic E-state index is 12.4. The molecule has 2 atom stereocenters. The molecule has 1 aliphatic rings. The van der Waals surface area contributed by atoms with E-state index in [1.165, 1.54) is 12.5 Å². The number of nitrogens with one attached hydrogen (secondary N) is 1. The van der Waals surface area contributed by atoms with E-state index < -0.39 is 0 Å². The quantitative estimate of drug-likeness (QED) is 0.680. The molecule has 0 aliphatic carbocycles. The number of thioether (sulfide) groups is 1. The lowest BCUT2D eigenvalue weighted by Crippen LogP contribution is -2.37. The Morgan fingerprint density at radius 1 is 1.25 bits per heavy atom. The van der Waals surface area contributed by atoms with Crippen molar-refractivity contribution in [3.8, 4) is 5.75 Å². The Morgan fingerprint density at radius 2 is 2.04 bits per heavy atom. The van der Waals surface area contributed by atoms with E-state index in [2.05, 4.69) is 24.4 Å². The largest absolute Gasteiger partial charge is 0.493 e. The lowest BCUT2D eigenvalue weighted by Gasteiger charge is -2.29. The van der Waals surface area contributed by atoms with Crippen LogP contribution in [-0.2, 0) is 9.59 Å². The van der Waals surface area contributed by atoms with Gasteiger partial charge in [0.2, 0.25) is 11.8 Å². The fourth-order valence-corrected chi connectivity index (χ4v) is 4.68. The first-order valence-electron chi connectivity index (χ1n) is 9.51. The zero-order valence-corrected chi connectivity index (χ0v) is 17.1. The summed E-state index contributed by atoms with van der Waals surface area (Å²) < 4.78 is 5.81. The zero-order valence-electron chi connectivity index (χ0n) is 16.3. The van der Waals surface area contributed by atoms with Crippen molar-refractivity contribution < 1.29 is 14.3 Å². The number of hydrogen-bond acceptors (Lipinski definition) is 4. The van der Waals surface area contributed by atoms with Gasteiger partial charge in [-0.15, -0.1) is 11.8 Å². The van der Waals surface area contributed by atoms with Crippen molar-refractivity contribution in [2.75, 3.05) is 24.2 Å². The van der Waals surface area contributed by atoms with Gasteiger partial charge in [-0.25, -0.2) is 0 Å². The van der Waals surface area contributed by atoms with Gasteiger partial charge in [0.1, 0.15) is 5.75 Å². The molecule has 5 nitrogen and oxygen atoms in total. The molecule has 0 aromatic heterocycles. The van der Waals surface area contributed by atoms with Crippen molar-refractivity contribution in [1.82, 2.24) is 4.90 Å². The summed E-state index contributed by atoms with van der Waals surface area (Å²) in [5.41, 5.74) is 1.97. The smallest absolute Gasteiger partial charge is 0.233 e. The molecule has 148 valence electrons. The molecule has 1 heterocycles. The van der Waals surface area contributed by atoms with Crippen LogP contribution in [0.2, 0.25) is 0 Å². The van der Waals surface area contributed by atoms with Gasteiger partial charge in [-0.1, -0.05) is 43.3 Å². The highest BCUT2D eigenvalue weighted by molar-refractivity contribution is 8.01. The van der Waals surface area contributed by atoms with Crippen molar-refractivity contribution in [1.29, 1.82) is 0 Å². The van der Waals surface area contributed by atoms with Gasteiger partial charge in [0.15, 0.2) is 0 Å². The van der Waals surface area contributed by atoms with Crippen LogP contribution in [-0.4, -0.2) is 41.0 Å². The molecule has 1 N–H and O–H groups in total. The monoisotopic (exact) mass is 398 g/mol. The van der Waals surface area contributed by atoms with E-state index in [1.807, 2.05) is 41.3 Å². The van der Waals surface area contributed by atoms with Gasteiger partial charge in [0, 0.05) is 31.1 Å². The molecule has 2 unspecified atom stereocenters. The van der Waals surface area contributed by atoms with E-state index in [4.69, 9.17) is 4.74 Å². The summed E-state index contributed by atoms with van der Waals surface area (Å²) in [5.74, 6) is 1.63. The molecule has 1 saturated heterocycles. The lowest BCUT2D eigenvalue weighted by molar-refractivity contribution is -0.128. The van der Waals surface area contributed by atoms with E-state index in [-0.39, 0.29) is 23.1 Å². The van der Waals surface area contributed by atoms with E-state index in [9.17, 15) is 9.59 Å². The Balaban J connectivity index is 1.52. The van der Waals surface area contributed by atoms with Crippen molar-refractivity contribution in [3.05, 3.63) is 60.2 Å². The van der Waals surface area contributed by atoms with Gasteiger partial charge in [-0.3, -0.25) is 9.59 Å². The number of rotatable bonds is 8. The average molecular weight is 399 g/mol. The Bertz CT molecular complexity index is 812. The highest BCUT2D eigenvalue weighted by Gasteiger charge is 2.35. The van der Waals surface area contributed by atoms with Crippen LogP contribution in [0.15, 0.2) is 54.6 Å². The molecule has 2 amide bonds. The lowest BCUT2D eigenvalue weighted by atomic mass is 10.0. The summed E-state index contributed by atoms with van der Waals surface area (Å²) in [6.07, 6.45) is 0.759. The van der Waals surface area contributed by atoms with Crippen LogP contribution in [0.4, 0.5) is 5.69 Å². The number of nitrogens with zero attached hydrogens (tertiary/aromatic N) is 1. The molecule has 0 bridgehead atoms. The number of carbonyl (C=O) groups excluding carboxylic acids is 2. The molecule has 1 fully saturated rings. The van der Waals surface area contributed by atoms with E-state index in [0.717, 1.165) is 6.42 Å². The second kappa shape index (κ2) is 9.64. The predicted molar refractivity (Wildman–Crippen MR) is 114 cm³/mol. The zero-order chi connectivity index (χ0) is 19.9. The maximum absolute atomic E-state index is 12.4. The van der Waals surface area contributed by atoms with Crippen LogP contribution < -0.4 is 10.1 Å². The second-order valence-corrected chi connectivity index (χ2v) is 8.00. The van der Waals surface area contributed by atoms with Crippen LogP contribution in [0.5, 0.6) is 5.75 Å². The van der Waals surface area contributed by atoms with Gasteiger partial charge >= 0.3 is 0 Å². The number of ether oxygens (including phenoxy) is 1. The van der Waals surface area contributed by atoms with Crippen LogP contribution in [0.3, 0.4) is 0 Å². The SMILES string of the molecule is CC(=O)Nc1cccc(OCCCN2C(=O)CSC2C(C)c2ccccc2)c1. The second-order valence-electron chi connectivity index (χ2n) is 6.90. The van der Waals surface area contributed by atoms with Gasteiger partial charge in [-0.05, 0) is 24.1 Å². The first kappa shape index (κ1) is 20.3. The summed E-state index contributed by atoms with van der Waals surface area (Å²) in [5, 5.41) is 2.91. The summed E-state index contributed by atoms with van der Waals surface area (Å²) >= 11 is 1.72. The summed E-state index contributed by atoms with van der Waals surface area (Å²) in [6, 6.07) is 17.7. The molecule has 0 spiro atoms. The molecule has 2 aromatic carbocycles. The molecule has 0 radical (unpaired) electrons.